The molecule has 1 aliphatic heterocycles. The predicted molar refractivity (Wildman–Crippen MR) is 85.3 cm³/mol. The topological polar surface area (TPSA) is 41.6 Å². The van der Waals surface area contributed by atoms with E-state index >= 15 is 0 Å². The van der Waals surface area contributed by atoms with Crippen LogP contribution >= 0.6 is 0 Å². The highest BCUT2D eigenvalue weighted by atomic mass is 19.1. The Hall–Kier alpha value is -2.40. The fraction of sp³-hybridized carbons (Fsp3) is 0.278. The van der Waals surface area contributed by atoms with Gasteiger partial charge in [0.1, 0.15) is 11.9 Å². The Balaban J connectivity index is 1.60. The SMILES string of the molecule is O=C(NCc1ccccc1)N1CCOC(c2ccccc2F)C1. The molecule has 4 nitrogen and oxygen atoms in total. The van der Waals surface area contributed by atoms with Crippen LogP contribution in [0.15, 0.2) is 54.6 Å². The van der Waals surface area contributed by atoms with Gasteiger partial charge in [-0.15, -0.1) is 0 Å². The third-order valence-electron chi connectivity index (χ3n) is 3.89. The van der Waals surface area contributed by atoms with Crippen LogP contribution in [0, 0.1) is 5.82 Å². The van der Waals surface area contributed by atoms with E-state index in [0.717, 1.165) is 5.56 Å². The first kappa shape index (κ1) is 15.5. The third kappa shape index (κ3) is 3.87. The van der Waals surface area contributed by atoms with E-state index in [1.54, 1.807) is 23.1 Å². The summed E-state index contributed by atoms with van der Waals surface area (Å²) in [5.74, 6) is -0.302. The summed E-state index contributed by atoms with van der Waals surface area (Å²) < 4.78 is 19.5. The zero-order chi connectivity index (χ0) is 16.1. The molecule has 1 fully saturated rings. The number of amides is 2. The fourth-order valence-corrected chi connectivity index (χ4v) is 2.64. The number of rotatable bonds is 3. The minimum absolute atomic E-state index is 0.154. The number of hydrogen-bond acceptors (Lipinski definition) is 2. The average molecular weight is 314 g/mol. The Kier molecular flexibility index (Phi) is 4.88. The molecule has 0 aromatic heterocycles. The van der Waals surface area contributed by atoms with Crippen LogP contribution in [0.25, 0.3) is 0 Å². The van der Waals surface area contributed by atoms with Crippen molar-refractivity contribution in [1.29, 1.82) is 0 Å². The van der Waals surface area contributed by atoms with Crippen LogP contribution in [0.5, 0.6) is 0 Å². The van der Waals surface area contributed by atoms with Gasteiger partial charge in [0, 0.05) is 18.7 Å². The zero-order valence-electron chi connectivity index (χ0n) is 12.7. The summed E-state index contributed by atoms with van der Waals surface area (Å²) in [6.45, 7) is 1.73. The van der Waals surface area contributed by atoms with Crippen molar-refractivity contribution in [2.24, 2.45) is 0 Å². The van der Waals surface area contributed by atoms with Crippen molar-refractivity contribution in [3.63, 3.8) is 0 Å². The molecular weight excluding hydrogens is 295 g/mol. The largest absolute Gasteiger partial charge is 0.370 e. The van der Waals surface area contributed by atoms with Crippen LogP contribution in [0.4, 0.5) is 9.18 Å². The van der Waals surface area contributed by atoms with E-state index in [-0.39, 0.29) is 11.8 Å². The number of ether oxygens (including phenoxy) is 1. The van der Waals surface area contributed by atoms with Crippen LogP contribution in [-0.2, 0) is 11.3 Å². The van der Waals surface area contributed by atoms with E-state index in [2.05, 4.69) is 5.32 Å². The summed E-state index contributed by atoms with van der Waals surface area (Å²) in [5.41, 5.74) is 1.54. The smallest absolute Gasteiger partial charge is 0.317 e. The first-order valence-corrected chi connectivity index (χ1v) is 7.67. The molecule has 0 aliphatic carbocycles. The Labute approximate surface area is 134 Å². The number of carbonyl (C=O) groups is 1. The van der Waals surface area contributed by atoms with Crippen LogP contribution < -0.4 is 5.32 Å². The van der Waals surface area contributed by atoms with Crippen molar-refractivity contribution in [1.82, 2.24) is 10.2 Å². The lowest BCUT2D eigenvalue weighted by atomic mass is 10.1. The van der Waals surface area contributed by atoms with Gasteiger partial charge in [-0.2, -0.15) is 0 Å². The second-order valence-electron chi connectivity index (χ2n) is 5.47. The Morgan fingerprint density at radius 2 is 1.91 bits per heavy atom. The minimum Gasteiger partial charge on any atom is -0.370 e. The molecule has 1 heterocycles. The molecule has 3 rings (SSSR count). The molecule has 1 atom stereocenters. The lowest BCUT2D eigenvalue weighted by Crippen LogP contribution is -2.47. The fourth-order valence-electron chi connectivity index (χ4n) is 2.64. The molecule has 2 amide bonds. The van der Waals surface area contributed by atoms with Gasteiger partial charge in [-0.05, 0) is 11.6 Å². The van der Waals surface area contributed by atoms with E-state index in [0.29, 0.717) is 31.8 Å². The van der Waals surface area contributed by atoms with Gasteiger partial charge in [-0.1, -0.05) is 48.5 Å². The molecule has 23 heavy (non-hydrogen) atoms. The van der Waals surface area contributed by atoms with E-state index in [1.165, 1.54) is 6.07 Å². The van der Waals surface area contributed by atoms with Crippen LogP contribution in [-0.4, -0.2) is 30.6 Å². The molecule has 0 spiro atoms. The maximum absolute atomic E-state index is 13.9. The predicted octanol–water partition coefficient (Wildman–Crippen LogP) is 3.11. The number of benzene rings is 2. The number of urea groups is 1. The van der Waals surface area contributed by atoms with E-state index in [1.807, 2.05) is 30.3 Å². The lowest BCUT2D eigenvalue weighted by Gasteiger charge is -2.33. The summed E-state index contributed by atoms with van der Waals surface area (Å²) in [7, 11) is 0. The van der Waals surface area contributed by atoms with Gasteiger partial charge in [-0.25, -0.2) is 9.18 Å². The van der Waals surface area contributed by atoms with E-state index in [9.17, 15) is 9.18 Å². The molecule has 120 valence electrons. The molecule has 1 N–H and O–H groups in total. The van der Waals surface area contributed by atoms with Gasteiger partial charge in [-0.3, -0.25) is 0 Å². The third-order valence-corrected chi connectivity index (χ3v) is 3.89. The Morgan fingerprint density at radius 1 is 1.17 bits per heavy atom. The molecule has 1 unspecified atom stereocenters. The highest BCUT2D eigenvalue weighted by Crippen LogP contribution is 2.24. The Bertz CT molecular complexity index is 663. The van der Waals surface area contributed by atoms with Gasteiger partial charge in [0.2, 0.25) is 0 Å². The first-order chi connectivity index (χ1) is 11.2. The average Bonchev–Trinajstić information content (AvgIpc) is 2.61. The molecule has 0 bridgehead atoms. The van der Waals surface area contributed by atoms with E-state index < -0.39 is 6.10 Å². The lowest BCUT2D eigenvalue weighted by molar-refractivity contribution is -0.0171. The van der Waals surface area contributed by atoms with Gasteiger partial charge in [0.25, 0.3) is 0 Å². The molecule has 2 aromatic rings. The summed E-state index contributed by atoms with van der Waals surface area (Å²) in [4.78, 5) is 14.0. The van der Waals surface area contributed by atoms with Crippen LogP contribution in [0.2, 0.25) is 0 Å². The zero-order valence-corrected chi connectivity index (χ0v) is 12.7. The minimum atomic E-state index is -0.424. The number of nitrogens with one attached hydrogen (secondary N) is 1. The van der Waals surface area contributed by atoms with Crippen molar-refractivity contribution < 1.29 is 13.9 Å². The summed E-state index contributed by atoms with van der Waals surface area (Å²) in [5, 5.41) is 2.89. The number of halogens is 1. The molecule has 0 radical (unpaired) electrons. The number of nitrogens with zero attached hydrogens (tertiary/aromatic N) is 1. The summed E-state index contributed by atoms with van der Waals surface area (Å²) >= 11 is 0. The quantitative estimate of drug-likeness (QED) is 0.946. The second-order valence-corrected chi connectivity index (χ2v) is 5.47. The second kappa shape index (κ2) is 7.24. The monoisotopic (exact) mass is 314 g/mol. The molecule has 2 aromatic carbocycles. The highest BCUT2D eigenvalue weighted by molar-refractivity contribution is 5.74. The van der Waals surface area contributed by atoms with Crippen LogP contribution in [0.3, 0.4) is 0 Å². The first-order valence-electron chi connectivity index (χ1n) is 7.67. The van der Waals surface area contributed by atoms with E-state index in [4.69, 9.17) is 4.74 Å². The number of carbonyl (C=O) groups excluding carboxylic acids is 1. The van der Waals surface area contributed by atoms with Crippen molar-refractivity contribution in [2.75, 3.05) is 19.7 Å². The summed E-state index contributed by atoms with van der Waals surface area (Å²) in [6, 6.07) is 16.1. The highest BCUT2D eigenvalue weighted by Gasteiger charge is 2.26. The maximum atomic E-state index is 13.9. The van der Waals surface area contributed by atoms with Gasteiger partial charge < -0.3 is 15.0 Å². The van der Waals surface area contributed by atoms with Crippen molar-refractivity contribution in [2.45, 2.75) is 12.6 Å². The maximum Gasteiger partial charge on any atom is 0.317 e. The summed E-state index contributed by atoms with van der Waals surface area (Å²) in [6.07, 6.45) is -0.424. The molecule has 1 saturated heterocycles. The number of morpholine rings is 1. The van der Waals surface area contributed by atoms with Gasteiger partial charge >= 0.3 is 6.03 Å². The molecule has 0 saturated carbocycles. The van der Waals surface area contributed by atoms with Crippen molar-refractivity contribution in [3.05, 3.63) is 71.5 Å². The van der Waals surface area contributed by atoms with Crippen LogP contribution in [0.1, 0.15) is 17.2 Å². The van der Waals surface area contributed by atoms with Gasteiger partial charge in [0.05, 0.1) is 13.2 Å². The number of hydrogen-bond donors (Lipinski definition) is 1. The molecule has 5 heteroatoms. The van der Waals surface area contributed by atoms with Crippen molar-refractivity contribution in [3.8, 4) is 0 Å². The molecular formula is C18H19FN2O2. The normalized spacial score (nSPS) is 17.8. The van der Waals surface area contributed by atoms with Gasteiger partial charge in [0.15, 0.2) is 0 Å². The van der Waals surface area contributed by atoms with Crippen molar-refractivity contribution >= 4 is 6.03 Å². The molecule has 1 aliphatic rings. The standard InChI is InChI=1S/C18H19FN2O2/c19-16-9-5-4-8-15(16)17-13-21(10-11-23-17)18(22)20-12-14-6-2-1-3-7-14/h1-9,17H,10-13H2,(H,20,22). The Morgan fingerprint density at radius 3 is 2.70 bits per heavy atom.